The Morgan fingerprint density at radius 1 is 1.18 bits per heavy atom. The van der Waals surface area contributed by atoms with Gasteiger partial charge in [0.2, 0.25) is 0 Å². The fourth-order valence-electron chi connectivity index (χ4n) is 3.88. The SMILES string of the molecule is CC(N)C(N(C)C1CCCCC1C)C(C)(C)C. The van der Waals surface area contributed by atoms with Gasteiger partial charge in [0.05, 0.1) is 0 Å². The van der Waals surface area contributed by atoms with Crippen LogP contribution in [-0.2, 0) is 0 Å². The predicted molar refractivity (Wildman–Crippen MR) is 76.1 cm³/mol. The van der Waals surface area contributed by atoms with Crippen LogP contribution < -0.4 is 5.73 Å². The molecule has 17 heavy (non-hydrogen) atoms. The fraction of sp³-hybridized carbons (Fsp3) is 1.00. The molecule has 1 rings (SSSR count). The standard InChI is InChI=1S/C15H32N2/c1-11-9-7-8-10-13(11)17(6)14(12(2)16)15(3,4)5/h11-14H,7-10,16H2,1-6H3. The summed E-state index contributed by atoms with van der Waals surface area (Å²) in [5.74, 6) is 0.817. The van der Waals surface area contributed by atoms with Gasteiger partial charge in [0.1, 0.15) is 0 Å². The average Bonchev–Trinajstić information content (AvgIpc) is 2.15. The van der Waals surface area contributed by atoms with E-state index in [1.54, 1.807) is 0 Å². The number of hydrogen-bond acceptors (Lipinski definition) is 2. The Morgan fingerprint density at radius 2 is 1.71 bits per heavy atom. The minimum atomic E-state index is 0.231. The Kier molecular flexibility index (Phi) is 5.03. The Hall–Kier alpha value is -0.0800. The van der Waals surface area contributed by atoms with E-state index in [0.29, 0.717) is 6.04 Å². The third-order valence-corrected chi connectivity index (χ3v) is 4.41. The highest BCUT2D eigenvalue weighted by atomic mass is 15.2. The second-order valence-corrected chi connectivity index (χ2v) is 7.16. The third-order valence-electron chi connectivity index (χ3n) is 4.41. The van der Waals surface area contributed by atoms with Gasteiger partial charge >= 0.3 is 0 Å². The molecule has 0 amide bonds. The lowest BCUT2D eigenvalue weighted by Gasteiger charge is -2.47. The summed E-state index contributed by atoms with van der Waals surface area (Å²) in [7, 11) is 2.28. The topological polar surface area (TPSA) is 29.3 Å². The summed E-state index contributed by atoms with van der Waals surface area (Å²) >= 11 is 0. The minimum Gasteiger partial charge on any atom is -0.327 e. The van der Waals surface area contributed by atoms with Gasteiger partial charge in [-0.1, -0.05) is 40.5 Å². The Labute approximate surface area is 108 Å². The molecule has 4 atom stereocenters. The van der Waals surface area contributed by atoms with E-state index in [1.165, 1.54) is 25.7 Å². The molecule has 0 radical (unpaired) electrons. The summed E-state index contributed by atoms with van der Waals surface area (Å²) in [5, 5.41) is 0. The van der Waals surface area contributed by atoms with E-state index in [1.807, 2.05) is 0 Å². The van der Waals surface area contributed by atoms with Gasteiger partial charge in [-0.3, -0.25) is 4.90 Å². The number of nitrogens with zero attached hydrogens (tertiary/aromatic N) is 1. The third kappa shape index (κ3) is 3.69. The normalized spacial score (nSPS) is 30.4. The van der Waals surface area contributed by atoms with Crippen molar-refractivity contribution in [1.29, 1.82) is 0 Å². The summed E-state index contributed by atoms with van der Waals surface area (Å²) in [6.45, 7) is 11.5. The molecule has 2 nitrogen and oxygen atoms in total. The van der Waals surface area contributed by atoms with Crippen molar-refractivity contribution in [3.8, 4) is 0 Å². The number of hydrogen-bond donors (Lipinski definition) is 1. The van der Waals surface area contributed by atoms with Crippen LogP contribution in [0.2, 0.25) is 0 Å². The Morgan fingerprint density at radius 3 is 2.12 bits per heavy atom. The van der Waals surface area contributed by atoms with Gasteiger partial charge in [-0.05, 0) is 38.1 Å². The van der Waals surface area contributed by atoms with Gasteiger partial charge in [-0.2, -0.15) is 0 Å². The summed E-state index contributed by atoms with van der Waals surface area (Å²) in [5.41, 5.74) is 6.48. The van der Waals surface area contributed by atoms with Gasteiger partial charge < -0.3 is 5.73 Å². The predicted octanol–water partition coefficient (Wildman–Crippen LogP) is 3.26. The van der Waals surface area contributed by atoms with Crippen molar-refractivity contribution in [3.63, 3.8) is 0 Å². The van der Waals surface area contributed by atoms with E-state index in [0.717, 1.165) is 12.0 Å². The van der Waals surface area contributed by atoms with Gasteiger partial charge in [0, 0.05) is 18.1 Å². The van der Waals surface area contributed by atoms with Crippen molar-refractivity contribution < 1.29 is 0 Å². The van der Waals surface area contributed by atoms with Crippen molar-refractivity contribution in [3.05, 3.63) is 0 Å². The lowest BCUT2D eigenvalue weighted by molar-refractivity contribution is 0.0304. The van der Waals surface area contributed by atoms with Crippen molar-refractivity contribution in [2.75, 3.05) is 7.05 Å². The number of nitrogens with two attached hydrogens (primary N) is 1. The maximum atomic E-state index is 6.23. The molecule has 0 aromatic carbocycles. The first-order valence-corrected chi connectivity index (χ1v) is 7.22. The zero-order chi connectivity index (χ0) is 13.2. The lowest BCUT2D eigenvalue weighted by atomic mass is 9.78. The van der Waals surface area contributed by atoms with Gasteiger partial charge in [0.25, 0.3) is 0 Å². The first-order chi connectivity index (χ1) is 7.75. The molecular weight excluding hydrogens is 208 g/mol. The molecule has 1 saturated carbocycles. The first-order valence-electron chi connectivity index (χ1n) is 7.22. The van der Waals surface area contributed by atoms with E-state index in [9.17, 15) is 0 Å². The van der Waals surface area contributed by atoms with Crippen LogP contribution in [0.4, 0.5) is 0 Å². The summed E-state index contributed by atoms with van der Waals surface area (Å²) in [4.78, 5) is 2.58. The van der Waals surface area contributed by atoms with E-state index >= 15 is 0 Å². The smallest absolute Gasteiger partial charge is 0.0292 e. The zero-order valence-corrected chi connectivity index (χ0v) is 12.7. The summed E-state index contributed by atoms with van der Waals surface area (Å²) in [6, 6.07) is 1.42. The van der Waals surface area contributed by atoms with Crippen molar-refractivity contribution in [2.45, 2.75) is 78.4 Å². The van der Waals surface area contributed by atoms with Crippen LogP contribution in [0.5, 0.6) is 0 Å². The molecular formula is C15H32N2. The maximum Gasteiger partial charge on any atom is 0.0292 e. The molecule has 0 aliphatic heterocycles. The molecule has 0 saturated heterocycles. The van der Waals surface area contributed by atoms with E-state index < -0.39 is 0 Å². The molecule has 2 N–H and O–H groups in total. The van der Waals surface area contributed by atoms with Crippen LogP contribution in [0.1, 0.15) is 60.3 Å². The molecule has 0 bridgehead atoms. The maximum absolute atomic E-state index is 6.23. The van der Waals surface area contributed by atoms with Crippen LogP contribution in [0.25, 0.3) is 0 Å². The number of rotatable bonds is 3. The molecule has 0 heterocycles. The number of likely N-dealkylation sites (N-methyl/N-ethyl adjacent to an activating group) is 1. The quantitative estimate of drug-likeness (QED) is 0.820. The van der Waals surface area contributed by atoms with Crippen molar-refractivity contribution >= 4 is 0 Å². The van der Waals surface area contributed by atoms with E-state index in [-0.39, 0.29) is 11.5 Å². The van der Waals surface area contributed by atoms with Crippen LogP contribution in [-0.4, -0.2) is 30.1 Å². The van der Waals surface area contributed by atoms with Crippen molar-refractivity contribution in [1.82, 2.24) is 4.90 Å². The monoisotopic (exact) mass is 240 g/mol. The van der Waals surface area contributed by atoms with Gasteiger partial charge in [-0.25, -0.2) is 0 Å². The fourth-order valence-corrected chi connectivity index (χ4v) is 3.88. The van der Waals surface area contributed by atoms with E-state index in [2.05, 4.69) is 46.6 Å². The molecule has 0 aromatic heterocycles. The van der Waals surface area contributed by atoms with Gasteiger partial charge in [-0.15, -0.1) is 0 Å². The molecule has 1 fully saturated rings. The van der Waals surface area contributed by atoms with E-state index in [4.69, 9.17) is 5.73 Å². The molecule has 4 unspecified atom stereocenters. The summed E-state index contributed by atoms with van der Waals surface area (Å²) in [6.07, 6.45) is 5.51. The van der Waals surface area contributed by atoms with Gasteiger partial charge in [0.15, 0.2) is 0 Å². The van der Waals surface area contributed by atoms with Crippen LogP contribution in [0, 0.1) is 11.3 Å². The zero-order valence-electron chi connectivity index (χ0n) is 12.7. The molecule has 0 spiro atoms. The highest BCUT2D eigenvalue weighted by molar-refractivity contribution is 4.92. The molecule has 0 aromatic rings. The minimum absolute atomic E-state index is 0.231. The highest BCUT2D eigenvalue weighted by Crippen LogP contribution is 2.33. The first kappa shape index (κ1) is 15.0. The molecule has 102 valence electrons. The van der Waals surface area contributed by atoms with Crippen LogP contribution in [0.15, 0.2) is 0 Å². The average molecular weight is 240 g/mol. The largest absolute Gasteiger partial charge is 0.327 e. The second-order valence-electron chi connectivity index (χ2n) is 7.16. The highest BCUT2D eigenvalue weighted by Gasteiger charge is 2.36. The van der Waals surface area contributed by atoms with Crippen molar-refractivity contribution in [2.24, 2.45) is 17.1 Å². The Bertz CT molecular complexity index is 230. The second kappa shape index (κ2) is 5.71. The Balaban J connectivity index is 2.80. The molecule has 1 aliphatic carbocycles. The molecule has 1 aliphatic rings. The van der Waals surface area contributed by atoms with Crippen LogP contribution in [0.3, 0.4) is 0 Å². The summed E-state index contributed by atoms with van der Waals surface area (Å²) < 4.78 is 0. The molecule has 2 heteroatoms. The lowest BCUT2D eigenvalue weighted by Crippen LogP contribution is -2.57. The van der Waals surface area contributed by atoms with Crippen LogP contribution >= 0.6 is 0 Å².